The smallest absolute Gasteiger partial charge is 0.228 e. The summed E-state index contributed by atoms with van der Waals surface area (Å²) in [6.07, 6.45) is 3.10. The van der Waals surface area contributed by atoms with Gasteiger partial charge in [0.2, 0.25) is 5.89 Å². The van der Waals surface area contributed by atoms with Crippen molar-refractivity contribution in [3.8, 4) is 11.5 Å². The van der Waals surface area contributed by atoms with Crippen molar-refractivity contribution in [2.75, 3.05) is 5.88 Å². The van der Waals surface area contributed by atoms with Crippen molar-refractivity contribution >= 4 is 23.1 Å². The Bertz CT molecular complexity index is 494. The third kappa shape index (κ3) is 2.23. The van der Waals surface area contributed by atoms with Crippen molar-refractivity contribution in [2.45, 2.75) is 0 Å². The Morgan fingerprint density at radius 3 is 2.94 bits per heavy atom. The minimum atomic E-state index is 0.194. The van der Waals surface area contributed by atoms with Gasteiger partial charge >= 0.3 is 0 Å². The van der Waals surface area contributed by atoms with Crippen LogP contribution in [-0.2, 0) is 0 Å². The molecule has 0 atom stereocenters. The Morgan fingerprint density at radius 2 is 2.25 bits per heavy atom. The summed E-state index contributed by atoms with van der Waals surface area (Å²) in [6, 6.07) is 7.45. The standard InChI is InChI=1S/C11H10ClN3O/c12-7-10(13)15-9-4-2-1-3-8(9)11-14-5-6-16-11/h1-6H,7H2,(H2,13,15). The maximum atomic E-state index is 5.59. The van der Waals surface area contributed by atoms with E-state index in [1.807, 2.05) is 24.3 Å². The number of alkyl halides is 1. The molecule has 4 nitrogen and oxygen atoms in total. The highest BCUT2D eigenvalue weighted by Gasteiger charge is 2.07. The zero-order valence-electron chi connectivity index (χ0n) is 8.43. The number of oxazole rings is 1. The third-order valence-electron chi connectivity index (χ3n) is 1.97. The molecule has 1 aromatic carbocycles. The van der Waals surface area contributed by atoms with Crippen LogP contribution in [0.5, 0.6) is 0 Å². The topological polar surface area (TPSA) is 64.4 Å². The Labute approximate surface area is 97.8 Å². The molecule has 0 aliphatic rings. The molecule has 0 saturated carbocycles. The molecule has 5 heteroatoms. The lowest BCUT2D eigenvalue weighted by Gasteiger charge is -2.01. The molecule has 2 rings (SSSR count). The van der Waals surface area contributed by atoms with E-state index >= 15 is 0 Å². The average molecular weight is 236 g/mol. The van der Waals surface area contributed by atoms with E-state index in [1.165, 1.54) is 6.26 Å². The van der Waals surface area contributed by atoms with Crippen LogP contribution in [0.3, 0.4) is 0 Å². The second-order valence-electron chi connectivity index (χ2n) is 3.09. The van der Waals surface area contributed by atoms with Gasteiger partial charge in [0.05, 0.1) is 23.3 Å². The van der Waals surface area contributed by atoms with Crippen LogP contribution in [-0.4, -0.2) is 16.7 Å². The lowest BCUT2D eigenvalue weighted by Crippen LogP contribution is -2.12. The van der Waals surface area contributed by atoms with Gasteiger partial charge in [0, 0.05) is 0 Å². The number of hydrogen-bond donors (Lipinski definition) is 1. The van der Waals surface area contributed by atoms with Gasteiger partial charge in [0.15, 0.2) is 0 Å². The summed E-state index contributed by atoms with van der Waals surface area (Å²) in [5.74, 6) is 1.07. The van der Waals surface area contributed by atoms with Gasteiger partial charge in [-0.1, -0.05) is 12.1 Å². The van der Waals surface area contributed by atoms with Crippen LogP contribution in [0.4, 0.5) is 5.69 Å². The molecule has 0 aliphatic carbocycles. The van der Waals surface area contributed by atoms with Gasteiger partial charge in [-0.2, -0.15) is 0 Å². The third-order valence-corrected chi connectivity index (χ3v) is 2.24. The van der Waals surface area contributed by atoms with Gasteiger partial charge in [-0.15, -0.1) is 11.6 Å². The number of nitrogens with zero attached hydrogens (tertiary/aromatic N) is 2. The minimum Gasteiger partial charge on any atom is -0.444 e. The number of hydrogen-bond acceptors (Lipinski definition) is 3. The van der Waals surface area contributed by atoms with Crippen LogP contribution in [0.15, 0.2) is 46.1 Å². The van der Waals surface area contributed by atoms with Crippen molar-refractivity contribution in [3.63, 3.8) is 0 Å². The SMILES string of the molecule is NC(CCl)=Nc1ccccc1-c1ncco1. The largest absolute Gasteiger partial charge is 0.444 e. The number of aliphatic imine (C=N–C) groups is 1. The number of rotatable bonds is 3. The van der Waals surface area contributed by atoms with Crippen molar-refractivity contribution in [2.24, 2.45) is 10.7 Å². The normalized spacial score (nSPS) is 11.7. The summed E-state index contributed by atoms with van der Waals surface area (Å²) in [7, 11) is 0. The average Bonchev–Trinajstić information content (AvgIpc) is 2.83. The maximum absolute atomic E-state index is 5.59. The molecule has 2 N–H and O–H groups in total. The summed E-state index contributed by atoms with van der Waals surface area (Å²) >= 11 is 5.58. The first kappa shape index (κ1) is 10.7. The van der Waals surface area contributed by atoms with E-state index in [2.05, 4.69) is 9.98 Å². The fraction of sp³-hybridized carbons (Fsp3) is 0.0909. The fourth-order valence-electron chi connectivity index (χ4n) is 1.29. The number of halogens is 1. The summed E-state index contributed by atoms with van der Waals surface area (Å²) in [5.41, 5.74) is 7.08. The number of aromatic nitrogens is 1. The van der Waals surface area contributed by atoms with Gasteiger partial charge in [-0.25, -0.2) is 9.98 Å². The first-order valence-corrected chi connectivity index (χ1v) is 5.22. The molecule has 1 aromatic heterocycles. The van der Waals surface area contributed by atoms with Gasteiger partial charge in [-0.3, -0.25) is 0 Å². The van der Waals surface area contributed by atoms with Crippen LogP contribution in [0.1, 0.15) is 0 Å². The van der Waals surface area contributed by atoms with Gasteiger partial charge in [-0.05, 0) is 12.1 Å². The van der Waals surface area contributed by atoms with Crippen LogP contribution in [0.2, 0.25) is 0 Å². The van der Waals surface area contributed by atoms with E-state index in [4.69, 9.17) is 21.8 Å². The lowest BCUT2D eigenvalue weighted by atomic mass is 10.2. The molecule has 0 bridgehead atoms. The quantitative estimate of drug-likeness (QED) is 0.505. The second-order valence-corrected chi connectivity index (χ2v) is 3.36. The van der Waals surface area contributed by atoms with E-state index < -0.39 is 0 Å². The molecule has 16 heavy (non-hydrogen) atoms. The number of benzene rings is 1. The Balaban J connectivity index is 2.47. The Kier molecular flexibility index (Phi) is 3.22. The fourth-order valence-corrected chi connectivity index (χ4v) is 1.35. The molecular weight excluding hydrogens is 226 g/mol. The van der Waals surface area contributed by atoms with Gasteiger partial charge in [0.25, 0.3) is 0 Å². The highest BCUT2D eigenvalue weighted by molar-refractivity contribution is 6.28. The molecule has 0 aliphatic heterocycles. The monoisotopic (exact) mass is 235 g/mol. The van der Waals surface area contributed by atoms with E-state index in [-0.39, 0.29) is 5.88 Å². The van der Waals surface area contributed by atoms with Crippen LogP contribution in [0.25, 0.3) is 11.5 Å². The van der Waals surface area contributed by atoms with Crippen molar-refractivity contribution in [1.82, 2.24) is 4.98 Å². The molecule has 2 aromatic rings. The minimum absolute atomic E-state index is 0.194. The van der Waals surface area contributed by atoms with E-state index in [0.717, 1.165) is 5.56 Å². The van der Waals surface area contributed by atoms with Crippen molar-refractivity contribution < 1.29 is 4.42 Å². The number of amidine groups is 1. The van der Waals surface area contributed by atoms with Crippen molar-refractivity contribution in [3.05, 3.63) is 36.7 Å². The molecule has 82 valence electrons. The molecule has 0 spiro atoms. The van der Waals surface area contributed by atoms with Crippen LogP contribution in [0, 0.1) is 0 Å². The summed E-state index contributed by atoms with van der Waals surface area (Å²) < 4.78 is 5.22. The first-order chi connectivity index (χ1) is 7.81. The highest BCUT2D eigenvalue weighted by atomic mass is 35.5. The summed E-state index contributed by atoms with van der Waals surface area (Å²) in [4.78, 5) is 8.27. The number of para-hydroxylation sites is 1. The first-order valence-electron chi connectivity index (χ1n) is 4.69. The van der Waals surface area contributed by atoms with Crippen molar-refractivity contribution in [1.29, 1.82) is 0 Å². The molecular formula is C11H10ClN3O. The molecule has 0 unspecified atom stereocenters. The second kappa shape index (κ2) is 4.81. The predicted octanol–water partition coefficient (Wildman–Crippen LogP) is 2.57. The lowest BCUT2D eigenvalue weighted by molar-refractivity contribution is 0.575. The summed E-state index contributed by atoms with van der Waals surface area (Å²) in [6.45, 7) is 0. The Morgan fingerprint density at radius 1 is 1.44 bits per heavy atom. The van der Waals surface area contributed by atoms with E-state index in [1.54, 1.807) is 6.20 Å². The molecule has 0 amide bonds. The molecule has 1 heterocycles. The zero-order chi connectivity index (χ0) is 11.4. The zero-order valence-corrected chi connectivity index (χ0v) is 9.19. The maximum Gasteiger partial charge on any atom is 0.228 e. The highest BCUT2D eigenvalue weighted by Crippen LogP contribution is 2.28. The van der Waals surface area contributed by atoms with E-state index in [9.17, 15) is 0 Å². The number of nitrogens with two attached hydrogens (primary N) is 1. The van der Waals surface area contributed by atoms with Gasteiger partial charge < -0.3 is 10.2 Å². The molecule has 0 fully saturated rings. The summed E-state index contributed by atoms with van der Waals surface area (Å²) in [5, 5.41) is 0. The predicted molar refractivity (Wildman–Crippen MR) is 63.9 cm³/mol. The van der Waals surface area contributed by atoms with E-state index in [0.29, 0.717) is 17.4 Å². The Hall–Kier alpha value is -1.81. The van der Waals surface area contributed by atoms with Crippen LogP contribution >= 0.6 is 11.6 Å². The van der Waals surface area contributed by atoms with Crippen LogP contribution < -0.4 is 5.73 Å². The van der Waals surface area contributed by atoms with Gasteiger partial charge in [0.1, 0.15) is 12.1 Å². The molecule has 0 radical (unpaired) electrons. The molecule has 0 saturated heterocycles.